The SMILES string of the molecule is N#CC(N)(C#N)Cc1ccccc1. The average Bonchev–Trinajstić information content (AvgIpc) is 2.19. The summed E-state index contributed by atoms with van der Waals surface area (Å²) in [6, 6.07) is 12.9. The van der Waals surface area contributed by atoms with Crippen LogP contribution >= 0.6 is 0 Å². The number of nitrogens with two attached hydrogens (primary N) is 1. The third kappa shape index (κ3) is 2.30. The van der Waals surface area contributed by atoms with Crippen molar-refractivity contribution < 1.29 is 0 Å². The van der Waals surface area contributed by atoms with Gasteiger partial charge in [-0.2, -0.15) is 10.5 Å². The lowest BCUT2D eigenvalue weighted by atomic mass is 9.95. The van der Waals surface area contributed by atoms with Crippen molar-refractivity contribution >= 4 is 0 Å². The molecule has 2 N–H and O–H groups in total. The molecular weight excluding hydrogens is 162 g/mol. The predicted octanol–water partition coefficient (Wildman–Crippen LogP) is 0.974. The normalized spacial score (nSPS) is 10.1. The van der Waals surface area contributed by atoms with Crippen LogP contribution < -0.4 is 5.73 Å². The lowest BCUT2D eigenvalue weighted by molar-refractivity contribution is 0.679. The Morgan fingerprint density at radius 2 is 1.69 bits per heavy atom. The van der Waals surface area contributed by atoms with E-state index in [0.717, 1.165) is 5.56 Å². The fraction of sp³-hybridized carbons (Fsp3) is 0.200. The molecule has 1 aromatic rings. The van der Waals surface area contributed by atoms with Gasteiger partial charge >= 0.3 is 0 Å². The maximum Gasteiger partial charge on any atom is 0.195 e. The number of benzene rings is 1. The quantitative estimate of drug-likeness (QED) is 0.720. The Labute approximate surface area is 77.0 Å². The van der Waals surface area contributed by atoms with E-state index in [0.29, 0.717) is 0 Å². The van der Waals surface area contributed by atoms with Crippen LogP contribution in [-0.4, -0.2) is 5.54 Å². The Morgan fingerprint density at radius 3 is 2.15 bits per heavy atom. The summed E-state index contributed by atoms with van der Waals surface area (Å²) < 4.78 is 0. The zero-order valence-corrected chi connectivity index (χ0v) is 7.07. The molecule has 0 fully saturated rings. The second-order valence-electron chi connectivity index (χ2n) is 2.86. The van der Waals surface area contributed by atoms with E-state index in [9.17, 15) is 0 Å². The van der Waals surface area contributed by atoms with Crippen molar-refractivity contribution in [3.63, 3.8) is 0 Å². The van der Waals surface area contributed by atoms with Gasteiger partial charge < -0.3 is 5.73 Å². The van der Waals surface area contributed by atoms with Crippen LogP contribution in [0.4, 0.5) is 0 Å². The van der Waals surface area contributed by atoms with Gasteiger partial charge in [-0.15, -0.1) is 0 Å². The number of nitrogens with zero attached hydrogens (tertiary/aromatic N) is 2. The highest BCUT2D eigenvalue weighted by Gasteiger charge is 2.23. The van der Waals surface area contributed by atoms with Crippen LogP contribution in [0.5, 0.6) is 0 Å². The smallest absolute Gasteiger partial charge is 0.195 e. The van der Waals surface area contributed by atoms with E-state index < -0.39 is 5.54 Å². The first kappa shape index (κ1) is 9.25. The van der Waals surface area contributed by atoms with Gasteiger partial charge in [0.2, 0.25) is 0 Å². The van der Waals surface area contributed by atoms with Gasteiger partial charge in [-0.1, -0.05) is 30.3 Å². The van der Waals surface area contributed by atoms with Crippen LogP contribution in [0.25, 0.3) is 0 Å². The van der Waals surface area contributed by atoms with Crippen molar-refractivity contribution in [3.05, 3.63) is 35.9 Å². The summed E-state index contributed by atoms with van der Waals surface area (Å²) in [7, 11) is 0. The summed E-state index contributed by atoms with van der Waals surface area (Å²) >= 11 is 0. The van der Waals surface area contributed by atoms with Crippen LogP contribution in [0, 0.1) is 22.7 Å². The number of rotatable bonds is 2. The summed E-state index contributed by atoms with van der Waals surface area (Å²) in [6.07, 6.45) is 0.265. The van der Waals surface area contributed by atoms with Gasteiger partial charge in [0.25, 0.3) is 0 Å². The number of nitriles is 2. The third-order valence-corrected chi connectivity index (χ3v) is 1.72. The van der Waals surface area contributed by atoms with E-state index in [1.54, 1.807) is 12.1 Å². The van der Waals surface area contributed by atoms with Crippen molar-refractivity contribution in [1.82, 2.24) is 0 Å². The number of hydrogen-bond acceptors (Lipinski definition) is 3. The zero-order chi connectivity index (χ0) is 9.73. The van der Waals surface area contributed by atoms with Crippen molar-refractivity contribution in [1.29, 1.82) is 10.5 Å². The topological polar surface area (TPSA) is 73.6 Å². The van der Waals surface area contributed by atoms with Crippen LogP contribution in [0.2, 0.25) is 0 Å². The fourth-order valence-corrected chi connectivity index (χ4v) is 1.02. The molecule has 0 aliphatic heterocycles. The molecule has 0 aliphatic rings. The standard InChI is InChI=1S/C10H9N3/c11-7-10(13,8-12)6-9-4-2-1-3-5-9/h1-5H,6,13H2. The molecular formula is C10H9N3. The highest BCUT2D eigenvalue weighted by molar-refractivity contribution is 5.28. The van der Waals surface area contributed by atoms with E-state index in [2.05, 4.69) is 0 Å². The molecule has 3 nitrogen and oxygen atoms in total. The fourth-order valence-electron chi connectivity index (χ4n) is 1.02. The summed E-state index contributed by atoms with van der Waals surface area (Å²) in [4.78, 5) is 0. The molecule has 0 amide bonds. The average molecular weight is 171 g/mol. The summed E-state index contributed by atoms with van der Waals surface area (Å²) in [6.45, 7) is 0. The summed E-state index contributed by atoms with van der Waals surface area (Å²) in [5.41, 5.74) is 5.00. The summed E-state index contributed by atoms with van der Waals surface area (Å²) in [5.74, 6) is 0. The highest BCUT2D eigenvalue weighted by atomic mass is 14.7. The first-order valence-corrected chi connectivity index (χ1v) is 3.85. The van der Waals surface area contributed by atoms with Gasteiger partial charge in [0, 0.05) is 6.42 Å². The zero-order valence-electron chi connectivity index (χ0n) is 7.07. The molecule has 0 heterocycles. The molecule has 1 rings (SSSR count). The Hall–Kier alpha value is -1.84. The maximum absolute atomic E-state index is 8.65. The van der Waals surface area contributed by atoms with Gasteiger partial charge in [-0.25, -0.2) is 0 Å². The Kier molecular flexibility index (Phi) is 2.64. The molecule has 0 radical (unpaired) electrons. The van der Waals surface area contributed by atoms with Crippen molar-refractivity contribution in [2.24, 2.45) is 5.73 Å². The molecule has 0 saturated heterocycles. The minimum Gasteiger partial charge on any atom is -0.301 e. The second kappa shape index (κ2) is 3.71. The maximum atomic E-state index is 8.65. The van der Waals surface area contributed by atoms with Crippen LogP contribution in [0.15, 0.2) is 30.3 Å². The molecule has 13 heavy (non-hydrogen) atoms. The first-order chi connectivity index (χ1) is 6.20. The second-order valence-corrected chi connectivity index (χ2v) is 2.86. The van der Waals surface area contributed by atoms with Gasteiger partial charge in [-0.3, -0.25) is 0 Å². The van der Waals surface area contributed by atoms with E-state index in [-0.39, 0.29) is 6.42 Å². The highest BCUT2D eigenvalue weighted by Crippen LogP contribution is 2.08. The minimum absolute atomic E-state index is 0.265. The van der Waals surface area contributed by atoms with Crippen LogP contribution in [0.1, 0.15) is 5.56 Å². The molecule has 0 aliphatic carbocycles. The van der Waals surface area contributed by atoms with Crippen LogP contribution in [0.3, 0.4) is 0 Å². The molecule has 1 aromatic carbocycles. The lowest BCUT2D eigenvalue weighted by Gasteiger charge is -2.11. The molecule has 0 aromatic heterocycles. The predicted molar refractivity (Wildman–Crippen MR) is 48.3 cm³/mol. The molecule has 0 unspecified atom stereocenters. The van der Waals surface area contributed by atoms with Gasteiger partial charge in [0.1, 0.15) is 12.1 Å². The summed E-state index contributed by atoms with van der Waals surface area (Å²) in [5, 5.41) is 17.3. The molecule has 0 bridgehead atoms. The van der Waals surface area contributed by atoms with Crippen molar-refractivity contribution in [2.45, 2.75) is 12.0 Å². The van der Waals surface area contributed by atoms with E-state index >= 15 is 0 Å². The largest absolute Gasteiger partial charge is 0.301 e. The van der Waals surface area contributed by atoms with Gasteiger partial charge in [-0.05, 0) is 5.56 Å². The van der Waals surface area contributed by atoms with Crippen molar-refractivity contribution in [2.75, 3.05) is 0 Å². The van der Waals surface area contributed by atoms with E-state index in [1.165, 1.54) is 0 Å². The Balaban J connectivity index is 2.83. The Morgan fingerprint density at radius 1 is 1.15 bits per heavy atom. The van der Waals surface area contributed by atoms with E-state index in [4.69, 9.17) is 16.3 Å². The molecule has 64 valence electrons. The molecule has 3 heteroatoms. The molecule has 0 spiro atoms. The number of hydrogen-bond donors (Lipinski definition) is 1. The van der Waals surface area contributed by atoms with Crippen molar-refractivity contribution in [3.8, 4) is 12.1 Å². The van der Waals surface area contributed by atoms with Gasteiger partial charge in [0.05, 0.1) is 0 Å². The van der Waals surface area contributed by atoms with Crippen LogP contribution in [-0.2, 0) is 6.42 Å². The molecule has 0 atom stereocenters. The van der Waals surface area contributed by atoms with Gasteiger partial charge in [0.15, 0.2) is 5.54 Å². The first-order valence-electron chi connectivity index (χ1n) is 3.85. The lowest BCUT2D eigenvalue weighted by Crippen LogP contribution is -2.38. The Bertz CT molecular complexity index is 342. The monoisotopic (exact) mass is 171 g/mol. The molecule has 0 saturated carbocycles. The minimum atomic E-state index is -1.40. The van der Waals surface area contributed by atoms with E-state index in [1.807, 2.05) is 30.3 Å². The third-order valence-electron chi connectivity index (χ3n) is 1.72.